The average molecular weight is 464 g/mol. The van der Waals surface area contributed by atoms with Gasteiger partial charge in [-0.1, -0.05) is 23.7 Å². The number of carbonyl (C=O) groups is 2. The molecular weight excluding hydrogens is 442 g/mol. The minimum Gasteiger partial charge on any atom is -0.393 e. The lowest BCUT2D eigenvalue weighted by Crippen LogP contribution is -2.47. The number of aliphatic hydroxyl groups is 1. The maximum atomic E-state index is 12.6. The van der Waals surface area contributed by atoms with Crippen molar-refractivity contribution in [3.8, 4) is 0 Å². The zero-order valence-corrected chi connectivity index (χ0v) is 18.7. The molecule has 31 heavy (non-hydrogen) atoms. The first-order chi connectivity index (χ1) is 14.5. The van der Waals surface area contributed by atoms with E-state index in [9.17, 15) is 23.1 Å². The van der Waals surface area contributed by atoms with E-state index in [2.05, 4.69) is 15.7 Å². The molecule has 10 heteroatoms. The van der Waals surface area contributed by atoms with Crippen molar-refractivity contribution in [1.29, 1.82) is 0 Å². The molecule has 2 atom stereocenters. The molecule has 164 valence electrons. The van der Waals surface area contributed by atoms with Gasteiger partial charge in [-0.05, 0) is 55.7 Å². The zero-order valence-electron chi connectivity index (χ0n) is 17.1. The maximum Gasteiger partial charge on any atom is 0.269 e. The quantitative estimate of drug-likeness (QED) is 0.449. The van der Waals surface area contributed by atoms with Gasteiger partial charge in [-0.2, -0.15) is 0 Å². The van der Waals surface area contributed by atoms with Crippen LogP contribution in [0.4, 0.5) is 5.69 Å². The van der Waals surface area contributed by atoms with Gasteiger partial charge in [0.15, 0.2) is 9.84 Å². The Morgan fingerprint density at radius 2 is 1.77 bits per heavy atom. The minimum atomic E-state index is -3.39. The third-order valence-corrected chi connectivity index (χ3v) is 6.41. The van der Waals surface area contributed by atoms with Gasteiger partial charge in [-0.25, -0.2) is 13.3 Å². The van der Waals surface area contributed by atoms with Crippen LogP contribution >= 0.6 is 11.6 Å². The summed E-state index contributed by atoms with van der Waals surface area (Å²) in [6.07, 6.45) is 0.180. The Bertz CT molecular complexity index is 1140. The van der Waals surface area contributed by atoms with Gasteiger partial charge in [0.25, 0.3) is 5.91 Å². The van der Waals surface area contributed by atoms with Gasteiger partial charge in [0.05, 0.1) is 28.5 Å². The lowest BCUT2D eigenvalue weighted by Gasteiger charge is -2.21. The fourth-order valence-electron chi connectivity index (χ4n) is 2.87. The number of halogens is 1. The molecule has 0 spiro atoms. The first-order valence-electron chi connectivity index (χ1n) is 9.19. The van der Waals surface area contributed by atoms with E-state index in [4.69, 9.17) is 18.2 Å². The fraction of sp³-hybridized carbons (Fsp3) is 0.286. The molecule has 0 unspecified atom stereocenters. The summed E-state index contributed by atoms with van der Waals surface area (Å²) in [5.41, 5.74) is 6.33. The van der Waals surface area contributed by atoms with E-state index >= 15 is 0 Å². The molecule has 0 aromatic heterocycles. The van der Waals surface area contributed by atoms with E-state index in [1.807, 2.05) is 0 Å². The molecule has 0 radical (unpaired) electrons. The summed E-state index contributed by atoms with van der Waals surface area (Å²) in [7, 11) is -3.39. The first-order valence-corrected chi connectivity index (χ1v) is 11.5. The van der Waals surface area contributed by atoms with Crippen LogP contribution in [-0.2, 0) is 21.1 Å². The molecule has 0 aliphatic rings. The molecule has 0 saturated carbocycles. The molecule has 0 bridgehead atoms. The number of hydrazine groups is 1. The van der Waals surface area contributed by atoms with Crippen LogP contribution in [-0.4, -0.2) is 37.7 Å². The molecule has 8 nitrogen and oxygen atoms in total. The normalized spacial score (nSPS) is 13.0. The van der Waals surface area contributed by atoms with Crippen LogP contribution in [0.5, 0.6) is 0 Å². The number of sulfone groups is 1. The lowest BCUT2D eigenvalue weighted by molar-refractivity contribution is -0.128. The number of amides is 2. The topological polar surface area (TPSA) is 117 Å². The number of hydrogen-bond acceptors (Lipinski definition) is 5. The van der Waals surface area contributed by atoms with Crippen molar-refractivity contribution in [3.63, 3.8) is 0 Å². The number of aliphatic hydroxyl groups excluding tert-OH is 1. The van der Waals surface area contributed by atoms with Crippen molar-refractivity contribution in [2.45, 2.75) is 31.3 Å². The monoisotopic (exact) mass is 463 g/mol. The van der Waals surface area contributed by atoms with E-state index in [0.717, 1.165) is 6.26 Å². The smallest absolute Gasteiger partial charge is 0.269 e. The Morgan fingerprint density at radius 3 is 2.29 bits per heavy atom. The summed E-state index contributed by atoms with van der Waals surface area (Å²) in [4.78, 5) is 28.2. The highest BCUT2D eigenvalue weighted by molar-refractivity contribution is 7.90. The van der Waals surface area contributed by atoms with Crippen molar-refractivity contribution < 1.29 is 23.1 Å². The molecule has 2 aromatic carbocycles. The van der Waals surface area contributed by atoms with Crippen LogP contribution < -0.4 is 10.9 Å². The summed E-state index contributed by atoms with van der Waals surface area (Å²) >= 11 is 6.18. The van der Waals surface area contributed by atoms with Gasteiger partial charge in [0.2, 0.25) is 11.6 Å². The summed E-state index contributed by atoms with van der Waals surface area (Å²) in [5.74, 6) is -2.14. The fourth-order valence-corrected chi connectivity index (χ4v) is 3.73. The number of nitrogens with zero attached hydrogens (tertiary/aromatic N) is 1. The third-order valence-electron chi connectivity index (χ3n) is 4.80. The first kappa shape index (κ1) is 24.3. The minimum absolute atomic E-state index is 0.0699. The van der Waals surface area contributed by atoms with Crippen LogP contribution in [0.3, 0.4) is 0 Å². The number of carbonyl (C=O) groups excluding carboxylic acids is 2. The molecule has 3 N–H and O–H groups in total. The zero-order chi connectivity index (χ0) is 23.3. The van der Waals surface area contributed by atoms with Crippen molar-refractivity contribution in [2.24, 2.45) is 5.92 Å². The van der Waals surface area contributed by atoms with Gasteiger partial charge >= 0.3 is 0 Å². The van der Waals surface area contributed by atoms with Crippen LogP contribution in [0, 0.1) is 19.4 Å². The number of hydrogen-bond donors (Lipinski definition) is 3. The van der Waals surface area contributed by atoms with Crippen molar-refractivity contribution >= 4 is 38.9 Å². The SMILES string of the molecule is [C-]#[N+]c1ccc(C[C@@H](C(=O)NNC(=O)c2ccc(S(C)(=O)=O)cc2)[C@@H](C)O)c(C)c1Cl. The van der Waals surface area contributed by atoms with Gasteiger partial charge in [-0.15, -0.1) is 0 Å². The largest absolute Gasteiger partial charge is 0.393 e. The second kappa shape index (κ2) is 9.92. The van der Waals surface area contributed by atoms with E-state index in [0.29, 0.717) is 21.8 Å². The summed E-state index contributed by atoms with van der Waals surface area (Å²) in [6.45, 7) is 10.3. The molecule has 0 saturated heterocycles. The Morgan fingerprint density at radius 1 is 1.16 bits per heavy atom. The molecular formula is C21H22ClN3O5S. The van der Waals surface area contributed by atoms with E-state index < -0.39 is 33.7 Å². The number of benzene rings is 2. The molecule has 0 heterocycles. The van der Waals surface area contributed by atoms with Gasteiger partial charge in [0.1, 0.15) is 0 Å². The van der Waals surface area contributed by atoms with Crippen molar-refractivity contribution in [2.75, 3.05) is 6.26 Å². The Labute approximate surface area is 185 Å². The molecule has 0 aliphatic carbocycles. The maximum absolute atomic E-state index is 12.6. The van der Waals surface area contributed by atoms with E-state index in [1.165, 1.54) is 31.2 Å². The van der Waals surface area contributed by atoms with E-state index in [1.54, 1.807) is 19.1 Å². The molecule has 2 amide bonds. The second-order valence-corrected chi connectivity index (χ2v) is 9.48. The predicted octanol–water partition coefficient (Wildman–Crippen LogP) is 2.60. The Balaban J connectivity index is 2.09. The third kappa shape index (κ3) is 6.04. The predicted molar refractivity (Wildman–Crippen MR) is 116 cm³/mol. The number of rotatable bonds is 6. The van der Waals surface area contributed by atoms with Crippen molar-refractivity contribution in [1.82, 2.24) is 10.9 Å². The lowest BCUT2D eigenvalue weighted by atomic mass is 9.91. The average Bonchev–Trinajstić information content (AvgIpc) is 2.72. The van der Waals surface area contributed by atoms with Gasteiger partial charge < -0.3 is 5.11 Å². The van der Waals surface area contributed by atoms with Gasteiger partial charge in [0, 0.05) is 11.8 Å². The molecule has 2 aromatic rings. The highest BCUT2D eigenvalue weighted by Crippen LogP contribution is 2.31. The Hall–Kier alpha value is -2.93. The Kier molecular flexibility index (Phi) is 7.79. The highest BCUT2D eigenvalue weighted by atomic mass is 35.5. The molecule has 0 fully saturated rings. The summed E-state index contributed by atoms with van der Waals surface area (Å²) in [6, 6.07) is 8.48. The highest BCUT2D eigenvalue weighted by Gasteiger charge is 2.26. The standard InChI is InChI=1S/C21H22ClN3O5S/c1-12-15(7-10-18(23-3)19(12)22)11-17(13(2)26)21(28)25-24-20(27)14-5-8-16(9-6-14)31(4,29)30/h5-10,13,17,26H,11H2,1-2,4H3,(H,24,27)(H,25,28)/t13-,17-/m1/s1. The van der Waals surface area contributed by atoms with Crippen LogP contribution in [0.2, 0.25) is 5.02 Å². The summed E-state index contributed by atoms with van der Waals surface area (Å²) in [5, 5.41) is 10.4. The van der Waals surface area contributed by atoms with Gasteiger partial charge in [-0.3, -0.25) is 20.4 Å². The van der Waals surface area contributed by atoms with Crippen LogP contribution in [0.15, 0.2) is 41.3 Å². The molecule has 2 rings (SSSR count). The molecule has 0 aliphatic heterocycles. The summed E-state index contributed by atoms with van der Waals surface area (Å²) < 4.78 is 23.0. The van der Waals surface area contributed by atoms with Crippen LogP contribution in [0.1, 0.15) is 28.4 Å². The van der Waals surface area contributed by atoms with Crippen LogP contribution in [0.25, 0.3) is 4.85 Å². The van der Waals surface area contributed by atoms with Crippen molar-refractivity contribution in [3.05, 3.63) is 69.5 Å². The van der Waals surface area contributed by atoms with E-state index in [-0.39, 0.29) is 16.9 Å². The second-order valence-electron chi connectivity index (χ2n) is 7.09. The number of nitrogens with one attached hydrogen (secondary N) is 2.